The topological polar surface area (TPSA) is 60.2 Å². The highest BCUT2D eigenvalue weighted by Crippen LogP contribution is 2.33. The van der Waals surface area contributed by atoms with Gasteiger partial charge in [-0.3, -0.25) is 4.68 Å². The van der Waals surface area contributed by atoms with Gasteiger partial charge in [-0.1, -0.05) is 6.08 Å². The molecule has 6 nitrogen and oxygen atoms in total. The molecule has 0 fully saturated rings. The van der Waals surface area contributed by atoms with E-state index in [0.29, 0.717) is 13.1 Å². The van der Waals surface area contributed by atoms with Crippen molar-refractivity contribution in [2.75, 3.05) is 13.1 Å². The van der Waals surface area contributed by atoms with Crippen LogP contribution in [0.5, 0.6) is 0 Å². The number of carbonyl (C=O) groups excluding carboxylic acids is 1. The molecule has 0 radical (unpaired) electrons. The van der Waals surface area contributed by atoms with Gasteiger partial charge in [0.15, 0.2) is 5.82 Å². The summed E-state index contributed by atoms with van der Waals surface area (Å²) in [6.07, 6.45) is 4.39. The number of amides is 1. The first-order chi connectivity index (χ1) is 11.3. The molecule has 2 aromatic rings. The summed E-state index contributed by atoms with van der Waals surface area (Å²) in [5.41, 5.74) is 0.807. The zero-order valence-electron chi connectivity index (χ0n) is 14.4. The van der Waals surface area contributed by atoms with Crippen LogP contribution in [0.4, 0.5) is 4.79 Å². The van der Waals surface area contributed by atoms with Crippen molar-refractivity contribution < 1.29 is 9.53 Å². The first kappa shape index (κ1) is 16.7. The van der Waals surface area contributed by atoms with Crippen molar-refractivity contribution in [1.29, 1.82) is 0 Å². The predicted molar refractivity (Wildman–Crippen MR) is 94.7 cm³/mol. The van der Waals surface area contributed by atoms with Crippen LogP contribution < -0.4 is 0 Å². The summed E-state index contributed by atoms with van der Waals surface area (Å²) in [5.74, 6) is 0.751. The summed E-state index contributed by atoms with van der Waals surface area (Å²) in [7, 11) is 1.86. The minimum atomic E-state index is -0.459. The second-order valence-corrected chi connectivity index (χ2v) is 7.90. The molecule has 3 heterocycles. The standard InChI is InChI=1S/C17H22N4O2S/c1-17(2,3)23-16(22)21-9-7-12(8-10-21)13-5-6-14(24-13)15-18-11-20(4)19-15/h5-7,11H,8-10H2,1-4H3. The number of hydrogen-bond donors (Lipinski definition) is 0. The number of thiophene rings is 1. The Balaban J connectivity index is 1.67. The van der Waals surface area contributed by atoms with Gasteiger partial charge in [-0.15, -0.1) is 11.3 Å². The number of aryl methyl sites for hydroxylation is 1. The lowest BCUT2D eigenvalue weighted by atomic mass is 10.1. The Morgan fingerprint density at radius 3 is 2.62 bits per heavy atom. The molecule has 0 spiro atoms. The van der Waals surface area contributed by atoms with Crippen LogP contribution >= 0.6 is 11.3 Å². The van der Waals surface area contributed by atoms with Crippen molar-refractivity contribution >= 4 is 23.0 Å². The summed E-state index contributed by atoms with van der Waals surface area (Å²) < 4.78 is 7.13. The van der Waals surface area contributed by atoms with Crippen molar-refractivity contribution in [3.63, 3.8) is 0 Å². The Bertz CT molecular complexity index is 770. The Kier molecular flexibility index (Phi) is 4.45. The van der Waals surface area contributed by atoms with Crippen molar-refractivity contribution in [1.82, 2.24) is 19.7 Å². The van der Waals surface area contributed by atoms with Crippen LogP contribution in [0.15, 0.2) is 24.5 Å². The molecule has 0 atom stereocenters. The Morgan fingerprint density at radius 1 is 1.29 bits per heavy atom. The third-order valence-electron chi connectivity index (χ3n) is 3.60. The number of carbonyl (C=O) groups is 1. The zero-order chi connectivity index (χ0) is 17.3. The summed E-state index contributed by atoms with van der Waals surface area (Å²) in [6, 6.07) is 4.15. The van der Waals surface area contributed by atoms with E-state index in [9.17, 15) is 4.79 Å². The van der Waals surface area contributed by atoms with Crippen LogP contribution in [0.1, 0.15) is 32.1 Å². The van der Waals surface area contributed by atoms with E-state index in [-0.39, 0.29) is 6.09 Å². The second kappa shape index (κ2) is 6.39. The molecule has 128 valence electrons. The fraction of sp³-hybridized carbons (Fsp3) is 0.471. The first-order valence-electron chi connectivity index (χ1n) is 7.95. The summed E-state index contributed by atoms with van der Waals surface area (Å²) in [6.45, 7) is 6.91. The van der Waals surface area contributed by atoms with E-state index < -0.39 is 5.60 Å². The number of nitrogens with zero attached hydrogens (tertiary/aromatic N) is 4. The Morgan fingerprint density at radius 2 is 2.04 bits per heavy atom. The molecule has 3 rings (SSSR count). The molecule has 0 aromatic carbocycles. The maximum Gasteiger partial charge on any atom is 0.410 e. The predicted octanol–water partition coefficient (Wildman–Crippen LogP) is 3.57. The highest BCUT2D eigenvalue weighted by Gasteiger charge is 2.24. The Hall–Kier alpha value is -2.15. The fourth-order valence-electron chi connectivity index (χ4n) is 2.47. The van der Waals surface area contributed by atoms with Crippen molar-refractivity contribution in [3.8, 4) is 10.7 Å². The lowest BCUT2D eigenvalue weighted by Crippen LogP contribution is -2.39. The molecule has 0 N–H and O–H groups in total. The summed E-state index contributed by atoms with van der Waals surface area (Å²) in [4.78, 5) is 20.4. The molecule has 1 aliphatic rings. The van der Waals surface area contributed by atoms with Crippen LogP contribution in [-0.2, 0) is 11.8 Å². The number of ether oxygens (including phenoxy) is 1. The molecule has 0 saturated carbocycles. The zero-order valence-corrected chi connectivity index (χ0v) is 15.3. The minimum Gasteiger partial charge on any atom is -0.444 e. The molecule has 0 bridgehead atoms. The highest BCUT2D eigenvalue weighted by atomic mass is 32.1. The summed E-state index contributed by atoms with van der Waals surface area (Å²) >= 11 is 1.68. The number of rotatable bonds is 2. The van der Waals surface area contributed by atoms with Crippen LogP contribution in [0.3, 0.4) is 0 Å². The Labute approximate surface area is 145 Å². The van der Waals surface area contributed by atoms with Gasteiger partial charge in [0.05, 0.1) is 4.88 Å². The minimum absolute atomic E-state index is 0.248. The summed E-state index contributed by atoms with van der Waals surface area (Å²) in [5, 5.41) is 4.34. The van der Waals surface area contributed by atoms with Gasteiger partial charge in [0.1, 0.15) is 11.9 Å². The van der Waals surface area contributed by atoms with Gasteiger partial charge in [0, 0.05) is 25.0 Å². The second-order valence-electron chi connectivity index (χ2n) is 6.81. The molecular weight excluding hydrogens is 324 g/mol. The average molecular weight is 346 g/mol. The quantitative estimate of drug-likeness (QED) is 0.834. The molecule has 7 heteroatoms. The van der Waals surface area contributed by atoms with E-state index in [2.05, 4.69) is 28.3 Å². The van der Waals surface area contributed by atoms with Crippen LogP contribution in [-0.4, -0.2) is 44.4 Å². The monoisotopic (exact) mass is 346 g/mol. The maximum absolute atomic E-state index is 12.1. The van der Waals surface area contributed by atoms with Gasteiger partial charge < -0.3 is 9.64 Å². The third kappa shape index (κ3) is 3.84. The number of hydrogen-bond acceptors (Lipinski definition) is 5. The maximum atomic E-state index is 12.1. The molecule has 1 aliphatic heterocycles. The van der Waals surface area contributed by atoms with E-state index in [1.165, 1.54) is 10.5 Å². The van der Waals surface area contributed by atoms with Gasteiger partial charge in [-0.05, 0) is 44.9 Å². The fourth-order valence-corrected chi connectivity index (χ4v) is 3.48. The first-order valence-corrected chi connectivity index (χ1v) is 8.77. The SMILES string of the molecule is Cn1cnc(-c2ccc(C3=CCN(C(=O)OC(C)(C)C)CC3)s2)n1. The van der Waals surface area contributed by atoms with E-state index >= 15 is 0 Å². The van der Waals surface area contributed by atoms with Crippen molar-refractivity contribution in [2.24, 2.45) is 7.05 Å². The van der Waals surface area contributed by atoms with Gasteiger partial charge in [0.25, 0.3) is 0 Å². The van der Waals surface area contributed by atoms with Crippen LogP contribution in [0, 0.1) is 0 Å². The van der Waals surface area contributed by atoms with Gasteiger partial charge in [-0.2, -0.15) is 5.10 Å². The van der Waals surface area contributed by atoms with E-state index in [0.717, 1.165) is 17.1 Å². The van der Waals surface area contributed by atoms with E-state index in [1.54, 1.807) is 27.2 Å². The number of aromatic nitrogens is 3. The molecule has 0 unspecified atom stereocenters. The smallest absolute Gasteiger partial charge is 0.410 e. The van der Waals surface area contributed by atoms with E-state index in [4.69, 9.17) is 4.74 Å². The van der Waals surface area contributed by atoms with Crippen LogP contribution in [0.25, 0.3) is 16.3 Å². The molecule has 1 amide bonds. The molecule has 24 heavy (non-hydrogen) atoms. The van der Waals surface area contributed by atoms with Crippen LogP contribution in [0.2, 0.25) is 0 Å². The normalized spacial score (nSPS) is 15.3. The lowest BCUT2D eigenvalue weighted by Gasteiger charge is -2.29. The molecule has 2 aromatic heterocycles. The molecule has 0 aliphatic carbocycles. The lowest BCUT2D eigenvalue weighted by molar-refractivity contribution is 0.0270. The third-order valence-corrected chi connectivity index (χ3v) is 4.76. The van der Waals surface area contributed by atoms with Crippen molar-refractivity contribution in [2.45, 2.75) is 32.8 Å². The average Bonchev–Trinajstić information content (AvgIpc) is 3.14. The molecular formula is C17H22N4O2S. The molecule has 0 saturated heterocycles. The van der Waals surface area contributed by atoms with Crippen molar-refractivity contribution in [3.05, 3.63) is 29.4 Å². The highest BCUT2D eigenvalue weighted by molar-refractivity contribution is 7.16. The largest absolute Gasteiger partial charge is 0.444 e. The van der Waals surface area contributed by atoms with Gasteiger partial charge in [0.2, 0.25) is 0 Å². The van der Waals surface area contributed by atoms with Gasteiger partial charge in [-0.25, -0.2) is 9.78 Å². The van der Waals surface area contributed by atoms with Gasteiger partial charge >= 0.3 is 6.09 Å². The van der Waals surface area contributed by atoms with E-state index in [1.807, 2.05) is 27.8 Å².